The molecule has 2 N–H and O–H groups in total. The Labute approximate surface area is 146 Å². The molecule has 2 aliphatic rings. The summed E-state index contributed by atoms with van der Waals surface area (Å²) in [6.45, 7) is 1.73. The number of carbonyl (C=O) groups excluding carboxylic acids is 2. The van der Waals surface area contributed by atoms with Crippen molar-refractivity contribution in [3.05, 3.63) is 30.1 Å². The average Bonchev–Trinajstić information content (AvgIpc) is 2.63. The second kappa shape index (κ2) is 7.82. The number of amides is 3. The molecule has 0 aliphatic carbocycles. The third-order valence-corrected chi connectivity index (χ3v) is 4.92. The zero-order chi connectivity index (χ0) is 17.8. The molecule has 3 amide bonds. The molecule has 25 heavy (non-hydrogen) atoms. The lowest BCUT2D eigenvalue weighted by Crippen LogP contribution is -2.56. The van der Waals surface area contributed by atoms with Gasteiger partial charge < -0.3 is 20.2 Å². The minimum absolute atomic E-state index is 0.0689. The molecule has 136 valence electrons. The molecule has 0 bridgehead atoms. The van der Waals surface area contributed by atoms with Gasteiger partial charge in [-0.25, -0.2) is 9.18 Å². The van der Waals surface area contributed by atoms with Gasteiger partial charge in [-0.05, 0) is 49.8 Å². The SMILES string of the molecule is O=C(N[C@@H]1CCCN(c2cccc(F)c2)C1=O)N1CCC[C@H](CO)C1. The lowest BCUT2D eigenvalue weighted by atomic mass is 9.99. The van der Waals surface area contributed by atoms with Crippen LogP contribution in [0.15, 0.2) is 24.3 Å². The van der Waals surface area contributed by atoms with Crippen molar-refractivity contribution in [2.24, 2.45) is 5.92 Å². The van der Waals surface area contributed by atoms with E-state index in [1.165, 1.54) is 17.0 Å². The van der Waals surface area contributed by atoms with Crippen molar-refractivity contribution in [1.29, 1.82) is 0 Å². The Kier molecular flexibility index (Phi) is 5.53. The van der Waals surface area contributed by atoms with Crippen LogP contribution in [0.2, 0.25) is 0 Å². The molecule has 2 atom stereocenters. The fourth-order valence-corrected chi connectivity index (χ4v) is 3.55. The Morgan fingerprint density at radius 2 is 2.08 bits per heavy atom. The van der Waals surface area contributed by atoms with Crippen molar-refractivity contribution in [3.63, 3.8) is 0 Å². The lowest BCUT2D eigenvalue weighted by molar-refractivity contribution is -0.121. The Balaban J connectivity index is 1.64. The van der Waals surface area contributed by atoms with Crippen molar-refractivity contribution in [1.82, 2.24) is 10.2 Å². The highest BCUT2D eigenvalue weighted by atomic mass is 19.1. The van der Waals surface area contributed by atoms with E-state index in [1.807, 2.05) is 0 Å². The van der Waals surface area contributed by atoms with Crippen molar-refractivity contribution in [2.75, 3.05) is 31.1 Å². The smallest absolute Gasteiger partial charge is 0.318 e. The second-order valence-electron chi connectivity index (χ2n) is 6.75. The quantitative estimate of drug-likeness (QED) is 0.873. The van der Waals surface area contributed by atoms with Gasteiger partial charge in [-0.2, -0.15) is 0 Å². The van der Waals surface area contributed by atoms with E-state index < -0.39 is 6.04 Å². The number of aliphatic hydroxyl groups excluding tert-OH is 1. The summed E-state index contributed by atoms with van der Waals surface area (Å²) in [5, 5.41) is 12.1. The van der Waals surface area contributed by atoms with Crippen LogP contribution in [0.4, 0.5) is 14.9 Å². The first kappa shape index (κ1) is 17.7. The number of hydrogen-bond acceptors (Lipinski definition) is 3. The number of anilines is 1. The highest BCUT2D eigenvalue weighted by Crippen LogP contribution is 2.22. The number of rotatable bonds is 3. The molecule has 0 aromatic heterocycles. The molecule has 2 fully saturated rings. The fourth-order valence-electron chi connectivity index (χ4n) is 3.55. The third-order valence-electron chi connectivity index (χ3n) is 4.92. The van der Waals surface area contributed by atoms with E-state index >= 15 is 0 Å². The van der Waals surface area contributed by atoms with Gasteiger partial charge in [0, 0.05) is 31.9 Å². The number of piperidine rings is 2. The maximum atomic E-state index is 13.4. The number of nitrogens with zero attached hydrogens (tertiary/aromatic N) is 2. The van der Waals surface area contributed by atoms with Crippen molar-refractivity contribution < 1.29 is 19.1 Å². The summed E-state index contributed by atoms with van der Waals surface area (Å²) >= 11 is 0. The molecule has 0 radical (unpaired) electrons. The Morgan fingerprint density at radius 1 is 1.28 bits per heavy atom. The van der Waals surface area contributed by atoms with Crippen LogP contribution in [0, 0.1) is 11.7 Å². The van der Waals surface area contributed by atoms with E-state index in [9.17, 15) is 19.1 Å². The monoisotopic (exact) mass is 349 g/mol. The van der Waals surface area contributed by atoms with Crippen LogP contribution in [-0.2, 0) is 4.79 Å². The molecular weight excluding hydrogens is 325 g/mol. The average molecular weight is 349 g/mol. The highest BCUT2D eigenvalue weighted by molar-refractivity contribution is 5.99. The minimum atomic E-state index is -0.598. The van der Waals surface area contributed by atoms with Gasteiger partial charge in [0.25, 0.3) is 0 Å². The largest absolute Gasteiger partial charge is 0.396 e. The number of hydrogen-bond donors (Lipinski definition) is 2. The summed E-state index contributed by atoms with van der Waals surface area (Å²) in [6, 6.07) is 5.07. The van der Waals surface area contributed by atoms with Crippen molar-refractivity contribution in [2.45, 2.75) is 31.7 Å². The number of benzene rings is 1. The standard InChI is InChI=1S/C18H24FN3O3/c19-14-5-1-6-15(10-14)22-9-3-7-16(17(22)24)20-18(25)21-8-2-4-13(11-21)12-23/h1,5-6,10,13,16,23H,2-4,7-9,11-12H2,(H,20,25)/t13-,16+/m0/s1. The zero-order valence-electron chi connectivity index (χ0n) is 14.2. The maximum Gasteiger partial charge on any atom is 0.318 e. The maximum absolute atomic E-state index is 13.4. The predicted octanol–water partition coefficient (Wildman–Crippen LogP) is 1.74. The number of nitrogens with one attached hydrogen (secondary N) is 1. The Hall–Kier alpha value is -2.15. The van der Waals surface area contributed by atoms with E-state index in [4.69, 9.17) is 0 Å². The summed E-state index contributed by atoms with van der Waals surface area (Å²) in [5.74, 6) is -0.494. The van der Waals surface area contributed by atoms with Gasteiger partial charge in [0.15, 0.2) is 0 Å². The molecule has 3 rings (SSSR count). The molecule has 2 aliphatic heterocycles. The minimum Gasteiger partial charge on any atom is -0.396 e. The zero-order valence-corrected chi connectivity index (χ0v) is 14.2. The second-order valence-corrected chi connectivity index (χ2v) is 6.75. The van der Waals surface area contributed by atoms with Crippen LogP contribution >= 0.6 is 0 Å². The first-order valence-electron chi connectivity index (χ1n) is 8.81. The highest BCUT2D eigenvalue weighted by Gasteiger charge is 2.33. The Morgan fingerprint density at radius 3 is 2.84 bits per heavy atom. The fraction of sp³-hybridized carbons (Fsp3) is 0.556. The number of halogens is 1. The first-order valence-corrected chi connectivity index (χ1v) is 8.81. The van der Waals surface area contributed by atoms with Gasteiger partial charge in [-0.15, -0.1) is 0 Å². The van der Waals surface area contributed by atoms with Crippen LogP contribution < -0.4 is 10.2 Å². The molecule has 2 saturated heterocycles. The number of aliphatic hydroxyl groups is 1. The van der Waals surface area contributed by atoms with E-state index in [0.717, 1.165) is 19.3 Å². The molecule has 0 unspecified atom stereocenters. The number of likely N-dealkylation sites (tertiary alicyclic amines) is 1. The van der Waals surface area contributed by atoms with E-state index in [2.05, 4.69) is 5.32 Å². The molecular formula is C18H24FN3O3. The van der Waals surface area contributed by atoms with Gasteiger partial charge in [-0.3, -0.25) is 4.79 Å². The number of urea groups is 1. The van der Waals surface area contributed by atoms with Crippen LogP contribution in [-0.4, -0.2) is 54.2 Å². The van der Waals surface area contributed by atoms with Gasteiger partial charge in [0.05, 0.1) is 0 Å². The van der Waals surface area contributed by atoms with Crippen LogP contribution in [0.25, 0.3) is 0 Å². The van der Waals surface area contributed by atoms with Gasteiger partial charge in [-0.1, -0.05) is 6.07 Å². The van der Waals surface area contributed by atoms with Crippen LogP contribution in [0.1, 0.15) is 25.7 Å². The first-order chi connectivity index (χ1) is 12.1. The molecule has 6 nitrogen and oxygen atoms in total. The van der Waals surface area contributed by atoms with Crippen molar-refractivity contribution >= 4 is 17.6 Å². The van der Waals surface area contributed by atoms with Crippen molar-refractivity contribution in [3.8, 4) is 0 Å². The topological polar surface area (TPSA) is 72.9 Å². The molecule has 0 spiro atoms. The molecule has 1 aromatic rings. The predicted molar refractivity (Wildman–Crippen MR) is 91.7 cm³/mol. The van der Waals surface area contributed by atoms with Crippen LogP contribution in [0.3, 0.4) is 0 Å². The molecule has 7 heteroatoms. The third kappa shape index (κ3) is 4.10. The van der Waals surface area contributed by atoms with Crippen LogP contribution in [0.5, 0.6) is 0 Å². The van der Waals surface area contributed by atoms with E-state index in [1.54, 1.807) is 17.0 Å². The molecule has 2 heterocycles. The summed E-state index contributed by atoms with van der Waals surface area (Å²) in [7, 11) is 0. The molecule has 1 aromatic carbocycles. The van der Waals surface area contributed by atoms with E-state index in [-0.39, 0.29) is 30.3 Å². The summed E-state index contributed by atoms with van der Waals surface area (Å²) in [4.78, 5) is 28.4. The van der Waals surface area contributed by atoms with Gasteiger partial charge in [0.1, 0.15) is 11.9 Å². The summed E-state index contributed by atoms with van der Waals surface area (Å²) in [5.41, 5.74) is 0.516. The lowest BCUT2D eigenvalue weighted by Gasteiger charge is -2.36. The van der Waals surface area contributed by atoms with E-state index in [0.29, 0.717) is 31.7 Å². The summed E-state index contributed by atoms with van der Waals surface area (Å²) < 4.78 is 13.4. The number of carbonyl (C=O) groups is 2. The van der Waals surface area contributed by atoms with Gasteiger partial charge >= 0.3 is 6.03 Å². The normalized spacial score (nSPS) is 24.3. The van der Waals surface area contributed by atoms with Gasteiger partial charge in [0.2, 0.25) is 5.91 Å². The summed E-state index contributed by atoms with van der Waals surface area (Å²) in [6.07, 6.45) is 3.09. The molecule has 0 saturated carbocycles. The Bertz CT molecular complexity index is 640.